The molecule has 0 aliphatic carbocycles. The van der Waals surface area contributed by atoms with E-state index < -0.39 is 27.8 Å². The van der Waals surface area contributed by atoms with Crippen LogP contribution in [0.5, 0.6) is 5.75 Å². The topological polar surface area (TPSA) is 76.8 Å². The van der Waals surface area contributed by atoms with Gasteiger partial charge in [0.1, 0.15) is 17.9 Å². The van der Waals surface area contributed by atoms with Crippen molar-refractivity contribution in [1.82, 2.24) is 4.31 Å². The molecule has 0 bridgehead atoms. The van der Waals surface area contributed by atoms with E-state index in [0.29, 0.717) is 41.5 Å². The zero-order valence-electron chi connectivity index (χ0n) is 20.9. The number of ketones is 1. The summed E-state index contributed by atoms with van der Waals surface area (Å²) in [6, 6.07) is 19.7. The molecule has 6 nitrogen and oxygen atoms in total. The van der Waals surface area contributed by atoms with Crippen LogP contribution in [-0.2, 0) is 34.0 Å². The van der Waals surface area contributed by atoms with Crippen molar-refractivity contribution in [2.75, 3.05) is 6.54 Å². The quantitative estimate of drug-likeness (QED) is 0.239. The second-order valence-corrected chi connectivity index (χ2v) is 11.3. The highest BCUT2D eigenvalue weighted by atomic mass is 32.2. The van der Waals surface area contributed by atoms with Crippen LogP contribution in [0.3, 0.4) is 0 Å². The van der Waals surface area contributed by atoms with Gasteiger partial charge in [-0.3, -0.25) is 4.79 Å². The number of hydrogen-bond donors (Lipinski definition) is 0. The third-order valence-corrected chi connectivity index (χ3v) is 8.55. The highest BCUT2D eigenvalue weighted by Crippen LogP contribution is 2.31. The average molecular weight is 558 g/mol. The summed E-state index contributed by atoms with van der Waals surface area (Å²) in [6.07, 6.45) is -2.81. The normalized spacial score (nSPS) is 16.5. The van der Waals surface area contributed by atoms with Crippen LogP contribution in [0, 0.1) is 0 Å². The van der Waals surface area contributed by atoms with Gasteiger partial charge >= 0.3 is 6.18 Å². The summed E-state index contributed by atoms with van der Waals surface area (Å²) in [5, 5.41) is 0.514. The lowest BCUT2D eigenvalue weighted by Crippen LogP contribution is -2.40. The van der Waals surface area contributed by atoms with E-state index in [1.165, 1.54) is 22.5 Å². The van der Waals surface area contributed by atoms with Gasteiger partial charge in [0.25, 0.3) is 10.0 Å². The van der Waals surface area contributed by atoms with Gasteiger partial charge in [-0.1, -0.05) is 42.5 Å². The fourth-order valence-electron chi connectivity index (χ4n) is 4.73. The number of halogens is 3. The molecule has 0 amide bonds. The number of furan rings is 1. The van der Waals surface area contributed by atoms with Crippen molar-refractivity contribution in [3.8, 4) is 5.75 Å². The Balaban J connectivity index is 1.20. The van der Waals surface area contributed by atoms with Gasteiger partial charge in [0.15, 0.2) is 5.78 Å². The van der Waals surface area contributed by atoms with Crippen LogP contribution in [0.4, 0.5) is 13.2 Å². The number of rotatable bonds is 9. The van der Waals surface area contributed by atoms with Gasteiger partial charge in [-0.15, -0.1) is 0 Å². The molecule has 1 aliphatic rings. The lowest BCUT2D eigenvalue weighted by Gasteiger charge is -2.21. The smallest absolute Gasteiger partial charge is 0.416 e. The van der Waals surface area contributed by atoms with E-state index in [-0.39, 0.29) is 30.4 Å². The molecule has 2 heterocycles. The second-order valence-electron chi connectivity index (χ2n) is 9.47. The molecule has 204 valence electrons. The summed E-state index contributed by atoms with van der Waals surface area (Å²) >= 11 is 0. The molecule has 1 fully saturated rings. The minimum atomic E-state index is -4.39. The number of benzene rings is 3. The maximum atomic E-state index is 13.3. The molecule has 1 aromatic heterocycles. The Morgan fingerprint density at radius 2 is 1.74 bits per heavy atom. The van der Waals surface area contributed by atoms with Crippen LogP contribution in [0.25, 0.3) is 11.0 Å². The lowest BCUT2D eigenvalue weighted by molar-refractivity contribution is -0.137. The van der Waals surface area contributed by atoms with E-state index in [9.17, 15) is 26.4 Å². The highest BCUT2D eigenvalue weighted by Gasteiger charge is 2.40. The summed E-state index contributed by atoms with van der Waals surface area (Å²) in [5.41, 5.74) is 1.18. The Labute approximate surface area is 224 Å². The van der Waals surface area contributed by atoms with Gasteiger partial charge in [-0.25, -0.2) is 8.42 Å². The second kappa shape index (κ2) is 10.9. The Hall–Kier alpha value is -3.63. The first-order valence-electron chi connectivity index (χ1n) is 12.5. The van der Waals surface area contributed by atoms with Gasteiger partial charge in [0, 0.05) is 24.4 Å². The SMILES string of the molecule is O=C(CCc1cccc(OCc2ccc(C(F)(F)F)cc2)c1)C1CCCN1S(=O)(=O)c1cc2ccccc2o1. The van der Waals surface area contributed by atoms with Crippen LogP contribution < -0.4 is 4.74 Å². The molecule has 1 aliphatic heterocycles. The number of nitrogens with zero attached hydrogens (tertiary/aromatic N) is 1. The maximum absolute atomic E-state index is 13.3. The number of alkyl halides is 3. The van der Waals surface area contributed by atoms with Crippen LogP contribution in [0.15, 0.2) is 88.4 Å². The largest absolute Gasteiger partial charge is 0.489 e. The van der Waals surface area contributed by atoms with Crippen molar-refractivity contribution in [2.24, 2.45) is 0 Å². The van der Waals surface area contributed by atoms with Crippen molar-refractivity contribution in [1.29, 1.82) is 0 Å². The number of carbonyl (C=O) groups is 1. The summed E-state index contributed by atoms with van der Waals surface area (Å²) in [4.78, 5) is 13.1. The van der Waals surface area contributed by atoms with Crippen molar-refractivity contribution in [3.63, 3.8) is 0 Å². The third-order valence-electron chi connectivity index (χ3n) is 6.79. The molecule has 1 saturated heterocycles. The zero-order valence-corrected chi connectivity index (χ0v) is 21.7. The fourth-order valence-corrected chi connectivity index (χ4v) is 6.36. The molecule has 5 rings (SSSR count). The zero-order chi connectivity index (χ0) is 27.6. The predicted octanol–water partition coefficient (Wildman–Crippen LogP) is 6.39. The molecule has 39 heavy (non-hydrogen) atoms. The first kappa shape index (κ1) is 27.0. The molecular formula is C29H26F3NO5S. The van der Waals surface area contributed by atoms with Gasteiger partial charge in [0.2, 0.25) is 5.09 Å². The molecule has 10 heteroatoms. The predicted molar refractivity (Wildman–Crippen MR) is 139 cm³/mol. The highest BCUT2D eigenvalue weighted by molar-refractivity contribution is 7.89. The summed E-state index contributed by atoms with van der Waals surface area (Å²) in [5.74, 6) is 0.359. The maximum Gasteiger partial charge on any atom is 0.416 e. The van der Waals surface area contributed by atoms with Crippen molar-refractivity contribution in [3.05, 3.63) is 95.6 Å². The average Bonchev–Trinajstić information content (AvgIpc) is 3.59. The van der Waals surface area contributed by atoms with E-state index >= 15 is 0 Å². The standard InChI is InChI=1S/C29H26F3NO5S/c30-29(31,32)23-13-10-21(11-14-23)19-37-24-7-3-5-20(17-24)12-15-26(34)25-8-4-16-33(25)39(35,36)28-18-22-6-1-2-9-27(22)38-28/h1-3,5-7,9-11,13-14,17-18,25H,4,8,12,15-16,19H2. The molecule has 0 saturated carbocycles. The first-order chi connectivity index (χ1) is 18.6. The van der Waals surface area contributed by atoms with E-state index in [1.54, 1.807) is 42.5 Å². The monoisotopic (exact) mass is 557 g/mol. The van der Waals surface area contributed by atoms with Crippen LogP contribution in [0.2, 0.25) is 0 Å². The van der Waals surface area contributed by atoms with E-state index in [4.69, 9.17) is 9.15 Å². The number of carbonyl (C=O) groups excluding carboxylic acids is 1. The minimum Gasteiger partial charge on any atom is -0.489 e. The molecule has 0 radical (unpaired) electrons. The van der Waals surface area contributed by atoms with Gasteiger partial charge in [0.05, 0.1) is 11.6 Å². The Bertz CT molecular complexity index is 1550. The molecule has 1 unspecified atom stereocenters. The third kappa shape index (κ3) is 6.02. The van der Waals surface area contributed by atoms with Crippen LogP contribution in [0.1, 0.15) is 36.0 Å². The molecule has 3 aromatic carbocycles. The summed E-state index contributed by atoms with van der Waals surface area (Å²) in [6.45, 7) is 0.347. The first-order valence-corrected chi connectivity index (χ1v) is 14.0. The van der Waals surface area contributed by atoms with E-state index in [2.05, 4.69) is 0 Å². The summed E-state index contributed by atoms with van der Waals surface area (Å²) < 4.78 is 77.4. The van der Waals surface area contributed by atoms with E-state index in [1.807, 2.05) is 6.07 Å². The van der Waals surface area contributed by atoms with Gasteiger partial charge < -0.3 is 9.15 Å². The number of para-hydroxylation sites is 1. The number of Topliss-reactive ketones (excluding diaryl/α,β-unsaturated/α-hetero) is 1. The Morgan fingerprint density at radius 1 is 0.974 bits per heavy atom. The van der Waals surface area contributed by atoms with Crippen molar-refractivity contribution >= 4 is 26.8 Å². The number of fused-ring (bicyclic) bond motifs is 1. The van der Waals surface area contributed by atoms with Crippen molar-refractivity contribution in [2.45, 2.75) is 49.6 Å². The van der Waals surface area contributed by atoms with E-state index in [0.717, 1.165) is 17.7 Å². The molecule has 0 spiro atoms. The number of aryl methyl sites for hydroxylation is 1. The minimum absolute atomic E-state index is 0.0944. The van der Waals surface area contributed by atoms with Crippen LogP contribution in [-0.4, -0.2) is 31.1 Å². The van der Waals surface area contributed by atoms with Crippen molar-refractivity contribution < 1.29 is 35.5 Å². The number of hydrogen-bond acceptors (Lipinski definition) is 5. The Morgan fingerprint density at radius 3 is 2.49 bits per heavy atom. The molecule has 1 atom stereocenters. The fraction of sp³-hybridized carbons (Fsp3) is 0.276. The Kier molecular flexibility index (Phi) is 7.51. The lowest BCUT2D eigenvalue weighted by atomic mass is 10.0. The molecular weight excluding hydrogens is 531 g/mol. The van der Waals surface area contributed by atoms with Gasteiger partial charge in [-0.05, 0) is 60.7 Å². The molecule has 0 N–H and O–H groups in total. The number of ether oxygens (including phenoxy) is 1. The summed E-state index contributed by atoms with van der Waals surface area (Å²) in [7, 11) is -3.97. The number of sulfonamides is 1. The van der Waals surface area contributed by atoms with Crippen LogP contribution >= 0.6 is 0 Å². The molecule has 4 aromatic rings. The van der Waals surface area contributed by atoms with Gasteiger partial charge in [-0.2, -0.15) is 17.5 Å².